The summed E-state index contributed by atoms with van der Waals surface area (Å²) < 4.78 is 80.5. The Labute approximate surface area is 320 Å². The fraction of sp³-hybridized carbons (Fsp3) is 0. The van der Waals surface area contributed by atoms with Crippen molar-refractivity contribution in [3.63, 3.8) is 0 Å². The topological polar surface area (TPSA) is 43.6 Å². The largest absolute Gasteiger partial charge is 0.309 e. The van der Waals surface area contributed by atoms with Crippen LogP contribution < -0.4 is 0 Å². The van der Waals surface area contributed by atoms with Crippen molar-refractivity contribution < 1.29 is 12.3 Å². The molecule has 2 heterocycles. The highest BCUT2D eigenvalue weighted by Gasteiger charge is 2.20. The Bertz CT molecular complexity index is 3420. The molecule has 10 aromatic rings. The fourth-order valence-corrected chi connectivity index (χ4v) is 7.06. The zero-order valence-electron chi connectivity index (χ0n) is 37.1. The third-order valence-corrected chi connectivity index (χ3v) is 9.49. The molecule has 10 rings (SSSR count). The van der Waals surface area contributed by atoms with Gasteiger partial charge in [0, 0.05) is 32.8 Å². The van der Waals surface area contributed by atoms with Gasteiger partial charge in [-0.15, -0.1) is 0 Å². The van der Waals surface area contributed by atoms with Gasteiger partial charge in [-0.2, -0.15) is 0 Å². The molecule has 4 nitrogen and oxygen atoms in total. The van der Waals surface area contributed by atoms with Crippen LogP contribution in [-0.2, 0) is 0 Å². The summed E-state index contributed by atoms with van der Waals surface area (Å²) in [6.45, 7) is 0. The zero-order valence-corrected chi connectivity index (χ0v) is 28.1. The third kappa shape index (κ3) is 5.36. The number of nitrogens with zero attached hydrogens (tertiary/aromatic N) is 4. The van der Waals surface area contributed by atoms with Gasteiger partial charge in [-0.05, 0) is 51.9 Å². The summed E-state index contributed by atoms with van der Waals surface area (Å²) in [5.41, 5.74) is 5.88. The van der Waals surface area contributed by atoms with Crippen LogP contribution in [0.5, 0.6) is 0 Å². The first-order valence-corrected chi connectivity index (χ1v) is 17.1. The molecule has 0 fully saturated rings. The first-order chi connectivity index (χ1) is 30.0. The van der Waals surface area contributed by atoms with E-state index in [-0.39, 0.29) is 34.1 Å². The molecular formula is C49H32N4. The van der Waals surface area contributed by atoms with E-state index in [1.807, 2.05) is 109 Å². The lowest BCUT2D eigenvalue weighted by atomic mass is 9.99. The van der Waals surface area contributed by atoms with Crippen LogP contribution in [0, 0.1) is 0 Å². The van der Waals surface area contributed by atoms with Crippen molar-refractivity contribution in [3.05, 3.63) is 194 Å². The second kappa shape index (κ2) is 12.9. The van der Waals surface area contributed by atoms with Crippen molar-refractivity contribution in [2.75, 3.05) is 0 Å². The SMILES string of the molecule is [2H]c1c([2H])c([2H])c(-c2cccc3c2c2c([2H])c([2H])c([2H])c([2H])c2n3-c2ccc(-c3nc(-c4ccccc4)nc(-c4ccc(-c5ccccc5)cc4)n3)c3ccccc23)c([2H])c1[2H]. The van der Waals surface area contributed by atoms with Gasteiger partial charge in [0.05, 0.1) is 29.1 Å². The molecule has 4 heteroatoms. The van der Waals surface area contributed by atoms with Crippen molar-refractivity contribution >= 4 is 32.6 Å². The molecule has 8 aromatic carbocycles. The second-order valence-electron chi connectivity index (χ2n) is 12.6. The first-order valence-electron chi connectivity index (χ1n) is 21.6. The molecule has 0 saturated heterocycles. The van der Waals surface area contributed by atoms with Gasteiger partial charge in [0.1, 0.15) is 0 Å². The number of hydrogen-bond acceptors (Lipinski definition) is 3. The molecule has 0 unspecified atom stereocenters. The van der Waals surface area contributed by atoms with Crippen LogP contribution in [0.4, 0.5) is 0 Å². The molecule has 0 aliphatic heterocycles. The van der Waals surface area contributed by atoms with E-state index in [2.05, 4.69) is 12.1 Å². The average molecular weight is 686 g/mol. The van der Waals surface area contributed by atoms with Crippen molar-refractivity contribution in [1.29, 1.82) is 0 Å². The molecular weight excluding hydrogens is 645 g/mol. The number of fused-ring (bicyclic) bond motifs is 4. The summed E-state index contributed by atoms with van der Waals surface area (Å²) in [4.78, 5) is 15.0. The molecule has 0 radical (unpaired) electrons. The lowest BCUT2D eigenvalue weighted by molar-refractivity contribution is 1.08. The number of benzene rings is 8. The minimum absolute atomic E-state index is 0.0668. The Kier molecular flexibility index (Phi) is 5.49. The van der Waals surface area contributed by atoms with E-state index in [9.17, 15) is 2.74 Å². The van der Waals surface area contributed by atoms with Crippen LogP contribution in [0.15, 0.2) is 194 Å². The molecule has 0 aliphatic carbocycles. The van der Waals surface area contributed by atoms with Crippen LogP contribution in [-0.4, -0.2) is 19.5 Å². The molecule has 0 saturated carbocycles. The van der Waals surface area contributed by atoms with Gasteiger partial charge in [0.25, 0.3) is 0 Å². The van der Waals surface area contributed by atoms with Crippen LogP contribution in [0.1, 0.15) is 12.3 Å². The highest BCUT2D eigenvalue weighted by molar-refractivity contribution is 6.16. The number of aromatic nitrogens is 4. The van der Waals surface area contributed by atoms with Crippen LogP contribution in [0.3, 0.4) is 0 Å². The summed E-state index contributed by atoms with van der Waals surface area (Å²) in [5.74, 6) is 1.40. The van der Waals surface area contributed by atoms with E-state index in [0.29, 0.717) is 39.6 Å². The Hall–Kier alpha value is -7.17. The quantitative estimate of drug-likeness (QED) is 0.175. The molecule has 248 valence electrons. The summed E-state index contributed by atoms with van der Waals surface area (Å²) in [7, 11) is 0. The second-order valence-corrected chi connectivity index (χ2v) is 12.6. The Morgan fingerprint density at radius 1 is 0.358 bits per heavy atom. The third-order valence-electron chi connectivity index (χ3n) is 9.49. The fourth-order valence-electron chi connectivity index (χ4n) is 7.06. The zero-order chi connectivity index (χ0) is 43.0. The van der Waals surface area contributed by atoms with E-state index in [0.717, 1.165) is 33.0 Å². The lowest BCUT2D eigenvalue weighted by Gasteiger charge is -2.15. The summed E-state index contributed by atoms with van der Waals surface area (Å²) in [6.07, 6.45) is 0. The molecule has 0 atom stereocenters. The highest BCUT2D eigenvalue weighted by atomic mass is 15.0. The summed E-state index contributed by atoms with van der Waals surface area (Å²) in [6, 6.07) is 40.6. The lowest BCUT2D eigenvalue weighted by Crippen LogP contribution is -2.01. The minimum atomic E-state index is -0.533. The van der Waals surface area contributed by atoms with Gasteiger partial charge in [-0.1, -0.05) is 170 Å². The van der Waals surface area contributed by atoms with Crippen molar-refractivity contribution in [1.82, 2.24) is 19.5 Å². The standard InChI is InChI=1S/C49H32N4/c1-4-15-33(16-5-1)34-27-29-37(30-28-34)48-50-47(36-19-8-3-9-20-36)51-49(52-48)41-31-32-44(40-22-11-10-21-39(40)41)53-43-25-13-12-23-42(43)46-38(24-14-26-45(46)53)35-17-6-2-7-18-35/h1-32H/i2D,6D,7D,12D,13D,17D,18D,23D,25D. The Morgan fingerprint density at radius 3 is 1.70 bits per heavy atom. The van der Waals surface area contributed by atoms with Crippen molar-refractivity contribution in [2.24, 2.45) is 0 Å². The van der Waals surface area contributed by atoms with Gasteiger partial charge in [-0.3, -0.25) is 0 Å². The monoisotopic (exact) mass is 685 g/mol. The van der Waals surface area contributed by atoms with E-state index < -0.39 is 42.3 Å². The van der Waals surface area contributed by atoms with E-state index >= 15 is 0 Å². The van der Waals surface area contributed by atoms with Gasteiger partial charge in [0.15, 0.2) is 17.5 Å². The van der Waals surface area contributed by atoms with Gasteiger partial charge >= 0.3 is 0 Å². The van der Waals surface area contributed by atoms with Crippen molar-refractivity contribution in [2.45, 2.75) is 0 Å². The predicted molar refractivity (Wildman–Crippen MR) is 219 cm³/mol. The first kappa shape index (κ1) is 22.6. The van der Waals surface area contributed by atoms with Crippen LogP contribution in [0.25, 0.3) is 94.7 Å². The highest BCUT2D eigenvalue weighted by Crippen LogP contribution is 2.41. The molecule has 0 aliphatic rings. The Morgan fingerprint density at radius 2 is 0.943 bits per heavy atom. The average Bonchev–Trinajstić information content (AvgIpc) is 3.67. The van der Waals surface area contributed by atoms with Gasteiger partial charge in [-0.25, -0.2) is 15.0 Å². The molecule has 0 N–H and O–H groups in total. The number of para-hydroxylation sites is 1. The smallest absolute Gasteiger partial charge is 0.164 e. The summed E-state index contributed by atoms with van der Waals surface area (Å²) in [5, 5.41) is 1.97. The normalized spacial score (nSPS) is 13.8. The molecule has 0 spiro atoms. The van der Waals surface area contributed by atoms with Crippen molar-refractivity contribution in [3.8, 4) is 62.1 Å². The number of hydrogen-bond donors (Lipinski definition) is 0. The van der Waals surface area contributed by atoms with E-state index in [1.165, 1.54) is 0 Å². The maximum absolute atomic E-state index is 9.26. The molecule has 0 amide bonds. The van der Waals surface area contributed by atoms with E-state index in [1.54, 1.807) is 22.8 Å². The molecule has 53 heavy (non-hydrogen) atoms. The minimum Gasteiger partial charge on any atom is -0.309 e. The maximum atomic E-state index is 9.26. The van der Waals surface area contributed by atoms with Gasteiger partial charge in [0.2, 0.25) is 0 Å². The Balaban J connectivity index is 1.23. The maximum Gasteiger partial charge on any atom is 0.164 e. The van der Waals surface area contributed by atoms with E-state index in [4.69, 9.17) is 24.5 Å². The summed E-state index contributed by atoms with van der Waals surface area (Å²) >= 11 is 0. The van der Waals surface area contributed by atoms with Gasteiger partial charge < -0.3 is 4.57 Å². The van der Waals surface area contributed by atoms with Crippen LogP contribution >= 0.6 is 0 Å². The van der Waals surface area contributed by atoms with Crippen LogP contribution in [0.2, 0.25) is 0 Å². The predicted octanol–water partition coefficient (Wildman–Crippen LogP) is 12.5. The molecule has 0 bridgehead atoms. The molecule has 2 aromatic heterocycles. The number of rotatable bonds is 6.